The van der Waals surface area contributed by atoms with E-state index in [9.17, 15) is 0 Å². The molecule has 21 heavy (non-hydrogen) atoms. The third kappa shape index (κ3) is 3.46. The van der Waals surface area contributed by atoms with E-state index in [0.29, 0.717) is 18.5 Å². The van der Waals surface area contributed by atoms with Gasteiger partial charge >= 0.3 is 0 Å². The molecule has 0 saturated carbocycles. The lowest BCUT2D eigenvalue weighted by molar-refractivity contribution is 0.185. The minimum absolute atomic E-state index is 0.227. The first-order valence-corrected chi connectivity index (χ1v) is 7.09. The average Bonchev–Trinajstić information content (AvgIpc) is 2.95. The predicted octanol–water partition coefficient (Wildman–Crippen LogP) is 1.58. The Morgan fingerprint density at radius 1 is 1.19 bits per heavy atom. The summed E-state index contributed by atoms with van der Waals surface area (Å²) in [6.45, 7) is 1.44. The molecule has 2 atom stereocenters. The Morgan fingerprint density at radius 2 is 2.05 bits per heavy atom. The van der Waals surface area contributed by atoms with Crippen LogP contribution in [0.3, 0.4) is 0 Å². The summed E-state index contributed by atoms with van der Waals surface area (Å²) >= 11 is 0. The van der Waals surface area contributed by atoms with Crippen LogP contribution >= 0.6 is 0 Å². The Labute approximate surface area is 124 Å². The van der Waals surface area contributed by atoms with Crippen LogP contribution in [0.2, 0.25) is 0 Å². The van der Waals surface area contributed by atoms with E-state index < -0.39 is 0 Å². The molecule has 0 aromatic carbocycles. The van der Waals surface area contributed by atoms with Crippen molar-refractivity contribution >= 4 is 11.8 Å². The predicted molar refractivity (Wildman–Crippen MR) is 81.2 cm³/mol. The number of aromatic nitrogens is 3. The van der Waals surface area contributed by atoms with Gasteiger partial charge in [0.05, 0.1) is 19.3 Å². The fraction of sp³-hybridized carbons (Fsp3) is 0.400. The quantitative estimate of drug-likeness (QED) is 0.869. The molecule has 0 aliphatic carbocycles. The summed E-state index contributed by atoms with van der Waals surface area (Å²) in [6, 6.07) is 6.16. The van der Waals surface area contributed by atoms with E-state index in [1.165, 1.54) is 5.56 Å². The number of nitrogens with one attached hydrogen (secondary N) is 2. The zero-order valence-electron chi connectivity index (χ0n) is 12.0. The zero-order valence-corrected chi connectivity index (χ0v) is 12.0. The van der Waals surface area contributed by atoms with Gasteiger partial charge in [-0.1, -0.05) is 0 Å². The summed E-state index contributed by atoms with van der Waals surface area (Å²) in [4.78, 5) is 12.7. The van der Waals surface area contributed by atoms with E-state index in [0.717, 1.165) is 18.8 Å². The van der Waals surface area contributed by atoms with E-state index in [2.05, 4.69) is 25.6 Å². The van der Waals surface area contributed by atoms with Crippen molar-refractivity contribution in [3.05, 3.63) is 42.4 Å². The smallest absolute Gasteiger partial charge is 0.224 e. The van der Waals surface area contributed by atoms with Crippen LogP contribution in [0.1, 0.15) is 5.56 Å². The normalized spacial score (nSPS) is 21.2. The van der Waals surface area contributed by atoms with Gasteiger partial charge in [0.1, 0.15) is 5.82 Å². The molecular weight excluding hydrogens is 266 g/mol. The Morgan fingerprint density at radius 3 is 2.86 bits per heavy atom. The molecule has 0 radical (unpaired) electrons. The number of anilines is 2. The molecule has 2 N–H and O–H groups in total. The second-order valence-electron chi connectivity index (χ2n) is 5.12. The van der Waals surface area contributed by atoms with Crippen molar-refractivity contribution in [3.8, 4) is 0 Å². The maximum absolute atomic E-state index is 5.62. The van der Waals surface area contributed by atoms with Crippen LogP contribution in [0.5, 0.6) is 0 Å². The largest absolute Gasteiger partial charge is 0.379 e. The highest BCUT2D eigenvalue weighted by molar-refractivity contribution is 5.39. The van der Waals surface area contributed by atoms with E-state index >= 15 is 0 Å². The molecule has 0 bridgehead atoms. The second kappa shape index (κ2) is 6.49. The van der Waals surface area contributed by atoms with Gasteiger partial charge in [0.25, 0.3) is 0 Å². The van der Waals surface area contributed by atoms with Crippen LogP contribution < -0.4 is 10.6 Å². The number of ether oxygens (including phenoxy) is 1. The first kappa shape index (κ1) is 13.8. The number of hydrogen-bond donors (Lipinski definition) is 2. The Bertz CT molecular complexity index is 577. The van der Waals surface area contributed by atoms with Crippen molar-refractivity contribution in [1.82, 2.24) is 15.0 Å². The second-order valence-corrected chi connectivity index (χ2v) is 5.12. The third-order valence-corrected chi connectivity index (χ3v) is 3.67. The summed E-state index contributed by atoms with van der Waals surface area (Å²) in [6.07, 6.45) is 6.36. The molecular formula is C15H19N5O. The molecule has 2 aromatic heterocycles. The number of nitrogens with zero attached hydrogens (tertiary/aromatic N) is 3. The Balaban J connectivity index is 1.66. The van der Waals surface area contributed by atoms with Crippen molar-refractivity contribution in [2.75, 3.05) is 30.9 Å². The van der Waals surface area contributed by atoms with Crippen LogP contribution in [0.25, 0.3) is 0 Å². The SMILES string of the molecule is CNc1ccnc(N[C@H]2COC[C@H]2Cc2ccncc2)n1. The lowest BCUT2D eigenvalue weighted by atomic mass is 9.95. The highest BCUT2D eigenvalue weighted by Crippen LogP contribution is 2.21. The van der Waals surface area contributed by atoms with Crippen LogP contribution in [0.4, 0.5) is 11.8 Å². The fourth-order valence-corrected chi connectivity index (χ4v) is 2.51. The van der Waals surface area contributed by atoms with Gasteiger partial charge in [-0.2, -0.15) is 4.98 Å². The Kier molecular flexibility index (Phi) is 4.25. The molecule has 0 unspecified atom stereocenters. The molecule has 0 amide bonds. The Hall–Kier alpha value is -2.21. The molecule has 6 heteroatoms. The van der Waals surface area contributed by atoms with Crippen molar-refractivity contribution in [3.63, 3.8) is 0 Å². The molecule has 110 valence electrons. The van der Waals surface area contributed by atoms with Gasteiger partial charge in [0, 0.05) is 31.6 Å². The highest BCUT2D eigenvalue weighted by atomic mass is 16.5. The van der Waals surface area contributed by atoms with E-state index in [1.807, 2.05) is 37.6 Å². The molecule has 2 aromatic rings. The molecule has 1 fully saturated rings. The molecule has 1 aliphatic rings. The average molecular weight is 285 g/mol. The lowest BCUT2D eigenvalue weighted by Crippen LogP contribution is -2.30. The van der Waals surface area contributed by atoms with Gasteiger partial charge in [-0.3, -0.25) is 4.98 Å². The van der Waals surface area contributed by atoms with Crippen LogP contribution in [-0.4, -0.2) is 41.3 Å². The van der Waals surface area contributed by atoms with Gasteiger partial charge < -0.3 is 15.4 Å². The standard InChI is InChI=1S/C15H19N5O/c1-16-14-4-7-18-15(20-14)19-13-10-21-9-12(13)8-11-2-5-17-6-3-11/h2-7,12-13H,8-10H2,1H3,(H2,16,18,19,20)/t12-,13+/m1/s1. The van der Waals surface area contributed by atoms with Crippen molar-refractivity contribution in [2.24, 2.45) is 5.92 Å². The van der Waals surface area contributed by atoms with Crippen LogP contribution in [0, 0.1) is 5.92 Å². The maximum Gasteiger partial charge on any atom is 0.224 e. The molecule has 0 spiro atoms. The third-order valence-electron chi connectivity index (χ3n) is 3.67. The minimum atomic E-state index is 0.227. The fourth-order valence-electron chi connectivity index (χ4n) is 2.51. The van der Waals surface area contributed by atoms with Gasteiger partial charge in [0.15, 0.2) is 0 Å². The monoisotopic (exact) mass is 285 g/mol. The minimum Gasteiger partial charge on any atom is -0.379 e. The van der Waals surface area contributed by atoms with Gasteiger partial charge in [-0.05, 0) is 30.2 Å². The highest BCUT2D eigenvalue weighted by Gasteiger charge is 2.28. The summed E-state index contributed by atoms with van der Waals surface area (Å²) in [5, 5.41) is 6.40. The topological polar surface area (TPSA) is 72.0 Å². The number of hydrogen-bond acceptors (Lipinski definition) is 6. The van der Waals surface area contributed by atoms with Crippen LogP contribution in [-0.2, 0) is 11.2 Å². The molecule has 1 aliphatic heterocycles. The van der Waals surface area contributed by atoms with Crippen molar-refractivity contribution in [2.45, 2.75) is 12.5 Å². The summed E-state index contributed by atoms with van der Waals surface area (Å²) in [5.41, 5.74) is 1.28. The first-order valence-electron chi connectivity index (χ1n) is 7.09. The number of rotatable bonds is 5. The van der Waals surface area contributed by atoms with Gasteiger partial charge in [-0.25, -0.2) is 4.98 Å². The van der Waals surface area contributed by atoms with E-state index in [-0.39, 0.29) is 6.04 Å². The zero-order chi connectivity index (χ0) is 14.5. The number of pyridine rings is 1. The van der Waals surface area contributed by atoms with E-state index in [1.54, 1.807) is 6.20 Å². The van der Waals surface area contributed by atoms with E-state index in [4.69, 9.17) is 4.74 Å². The molecule has 3 rings (SSSR count). The maximum atomic E-state index is 5.62. The summed E-state index contributed by atoms with van der Waals surface area (Å²) in [5.74, 6) is 1.85. The molecule has 3 heterocycles. The summed E-state index contributed by atoms with van der Waals surface area (Å²) < 4.78 is 5.62. The molecule has 1 saturated heterocycles. The van der Waals surface area contributed by atoms with Gasteiger partial charge in [-0.15, -0.1) is 0 Å². The first-order chi connectivity index (χ1) is 10.3. The van der Waals surface area contributed by atoms with Crippen molar-refractivity contribution in [1.29, 1.82) is 0 Å². The summed E-state index contributed by atoms with van der Waals surface area (Å²) in [7, 11) is 1.84. The van der Waals surface area contributed by atoms with Crippen molar-refractivity contribution < 1.29 is 4.74 Å². The van der Waals surface area contributed by atoms with Gasteiger partial charge in [0.2, 0.25) is 5.95 Å². The van der Waals surface area contributed by atoms with Crippen LogP contribution in [0.15, 0.2) is 36.8 Å². The molecule has 6 nitrogen and oxygen atoms in total. The lowest BCUT2D eigenvalue weighted by Gasteiger charge is -2.19.